The number of piperazine rings is 1. The van der Waals surface area contributed by atoms with E-state index in [1.165, 1.54) is 13.2 Å². The standard InChI is InChI=1S/C11H14FN3O2.ClH/c1-17-11(16)8-2-3-9(10(12)14-8)15-6-4-13-5-7-15;/h2-3,13H,4-7H2,1H3;1H. The summed E-state index contributed by atoms with van der Waals surface area (Å²) >= 11 is 0. The fourth-order valence-electron chi connectivity index (χ4n) is 1.79. The van der Waals surface area contributed by atoms with Crippen LogP contribution in [0.4, 0.5) is 10.1 Å². The van der Waals surface area contributed by atoms with Gasteiger partial charge in [0.25, 0.3) is 0 Å². The lowest BCUT2D eigenvalue weighted by Gasteiger charge is -2.29. The van der Waals surface area contributed by atoms with Gasteiger partial charge in [-0.1, -0.05) is 0 Å². The molecule has 100 valence electrons. The van der Waals surface area contributed by atoms with Gasteiger partial charge in [0, 0.05) is 26.2 Å². The van der Waals surface area contributed by atoms with Crippen molar-refractivity contribution in [1.82, 2.24) is 10.3 Å². The van der Waals surface area contributed by atoms with Crippen LogP contribution in [0, 0.1) is 5.95 Å². The molecule has 1 aliphatic rings. The molecule has 1 N–H and O–H groups in total. The quantitative estimate of drug-likeness (QED) is 0.640. The maximum atomic E-state index is 13.8. The molecule has 0 aliphatic carbocycles. The van der Waals surface area contributed by atoms with Crippen LogP contribution >= 0.6 is 12.4 Å². The van der Waals surface area contributed by atoms with Crippen LogP contribution in [-0.2, 0) is 4.74 Å². The number of carbonyl (C=O) groups is 1. The lowest BCUT2D eigenvalue weighted by Crippen LogP contribution is -2.44. The Kier molecular flexibility index (Phi) is 5.30. The fourth-order valence-corrected chi connectivity index (χ4v) is 1.79. The second-order valence-electron chi connectivity index (χ2n) is 3.74. The first kappa shape index (κ1) is 14.7. The van der Waals surface area contributed by atoms with Gasteiger partial charge in [-0.3, -0.25) is 0 Å². The number of hydrogen-bond donors (Lipinski definition) is 1. The summed E-state index contributed by atoms with van der Waals surface area (Å²) in [6.07, 6.45) is 0. The van der Waals surface area contributed by atoms with Gasteiger partial charge in [0.1, 0.15) is 0 Å². The van der Waals surface area contributed by atoms with E-state index in [4.69, 9.17) is 0 Å². The number of halogens is 2. The summed E-state index contributed by atoms with van der Waals surface area (Å²) < 4.78 is 18.2. The predicted molar refractivity (Wildman–Crippen MR) is 67.9 cm³/mol. The second kappa shape index (κ2) is 6.51. The van der Waals surface area contributed by atoms with Gasteiger partial charge in [0.05, 0.1) is 12.8 Å². The highest BCUT2D eigenvalue weighted by Crippen LogP contribution is 2.18. The van der Waals surface area contributed by atoms with Crippen molar-refractivity contribution in [3.05, 3.63) is 23.8 Å². The number of aromatic nitrogens is 1. The van der Waals surface area contributed by atoms with Crippen molar-refractivity contribution in [3.8, 4) is 0 Å². The SMILES string of the molecule is COC(=O)c1ccc(N2CCNCC2)c(F)n1.Cl. The van der Waals surface area contributed by atoms with Crippen molar-refractivity contribution in [1.29, 1.82) is 0 Å². The van der Waals surface area contributed by atoms with Crippen molar-refractivity contribution in [2.24, 2.45) is 0 Å². The van der Waals surface area contributed by atoms with Crippen LogP contribution in [0.2, 0.25) is 0 Å². The summed E-state index contributed by atoms with van der Waals surface area (Å²) in [4.78, 5) is 16.7. The normalized spacial score (nSPS) is 14.9. The molecule has 0 amide bonds. The Hall–Kier alpha value is -1.40. The number of rotatable bonds is 2. The summed E-state index contributed by atoms with van der Waals surface area (Å²) in [5, 5.41) is 3.18. The van der Waals surface area contributed by atoms with E-state index in [0.29, 0.717) is 5.69 Å². The van der Waals surface area contributed by atoms with Crippen molar-refractivity contribution >= 4 is 24.1 Å². The first-order valence-corrected chi connectivity index (χ1v) is 5.43. The summed E-state index contributed by atoms with van der Waals surface area (Å²) in [5.74, 6) is -1.26. The zero-order valence-electron chi connectivity index (χ0n) is 9.98. The molecule has 0 aromatic carbocycles. The molecule has 1 aromatic rings. The molecule has 1 fully saturated rings. The minimum Gasteiger partial charge on any atom is -0.464 e. The van der Waals surface area contributed by atoms with Crippen LogP contribution in [0.5, 0.6) is 0 Å². The molecule has 0 atom stereocenters. The van der Waals surface area contributed by atoms with Gasteiger partial charge >= 0.3 is 5.97 Å². The molecule has 1 saturated heterocycles. The molecule has 0 radical (unpaired) electrons. The van der Waals surface area contributed by atoms with Crippen LogP contribution < -0.4 is 10.2 Å². The number of nitrogens with one attached hydrogen (secondary N) is 1. The van der Waals surface area contributed by atoms with Gasteiger partial charge < -0.3 is 15.0 Å². The number of carbonyl (C=O) groups excluding carboxylic acids is 1. The largest absolute Gasteiger partial charge is 0.464 e. The van der Waals surface area contributed by atoms with Crippen LogP contribution in [0.15, 0.2) is 12.1 Å². The molecular weight excluding hydrogens is 261 g/mol. The Balaban J connectivity index is 0.00000162. The average Bonchev–Trinajstić information content (AvgIpc) is 2.38. The Morgan fingerprint density at radius 1 is 1.44 bits per heavy atom. The van der Waals surface area contributed by atoms with Crippen molar-refractivity contribution < 1.29 is 13.9 Å². The molecule has 2 rings (SSSR count). The molecule has 18 heavy (non-hydrogen) atoms. The number of pyridine rings is 1. The second-order valence-corrected chi connectivity index (χ2v) is 3.74. The minimum atomic E-state index is -0.630. The number of esters is 1. The molecule has 0 unspecified atom stereocenters. The summed E-state index contributed by atoms with van der Waals surface area (Å²) in [5.41, 5.74) is 0.419. The van der Waals surface area contributed by atoms with E-state index < -0.39 is 11.9 Å². The molecule has 5 nitrogen and oxygen atoms in total. The predicted octanol–water partition coefficient (Wildman–Crippen LogP) is 0.839. The number of nitrogens with zero attached hydrogens (tertiary/aromatic N) is 2. The molecule has 7 heteroatoms. The fraction of sp³-hybridized carbons (Fsp3) is 0.455. The number of ether oxygens (including phenoxy) is 1. The van der Waals surface area contributed by atoms with Crippen LogP contribution in [0.3, 0.4) is 0 Å². The first-order valence-electron chi connectivity index (χ1n) is 5.43. The van der Waals surface area contributed by atoms with E-state index in [1.54, 1.807) is 6.07 Å². The number of anilines is 1. The maximum absolute atomic E-state index is 13.8. The van der Waals surface area contributed by atoms with Gasteiger partial charge in [0.2, 0.25) is 5.95 Å². The zero-order chi connectivity index (χ0) is 12.3. The van der Waals surface area contributed by atoms with Gasteiger partial charge in [-0.05, 0) is 12.1 Å². The molecule has 0 bridgehead atoms. The third-order valence-electron chi connectivity index (χ3n) is 2.68. The average molecular weight is 276 g/mol. The van der Waals surface area contributed by atoms with E-state index in [-0.39, 0.29) is 18.1 Å². The highest BCUT2D eigenvalue weighted by molar-refractivity contribution is 5.87. The third kappa shape index (κ3) is 3.08. The Bertz CT molecular complexity index is 425. The lowest BCUT2D eigenvalue weighted by atomic mass is 10.2. The number of methoxy groups -OCH3 is 1. The van der Waals surface area contributed by atoms with E-state index in [2.05, 4.69) is 15.0 Å². The van der Waals surface area contributed by atoms with Crippen LogP contribution in [0.1, 0.15) is 10.5 Å². The molecular formula is C11H15ClFN3O2. The van der Waals surface area contributed by atoms with Crippen molar-refractivity contribution in [3.63, 3.8) is 0 Å². The Morgan fingerprint density at radius 3 is 2.67 bits per heavy atom. The van der Waals surface area contributed by atoms with Crippen LogP contribution in [-0.4, -0.2) is 44.2 Å². The zero-order valence-corrected chi connectivity index (χ0v) is 10.8. The number of hydrogen-bond acceptors (Lipinski definition) is 5. The Morgan fingerprint density at radius 2 is 2.11 bits per heavy atom. The van der Waals surface area contributed by atoms with E-state index >= 15 is 0 Å². The molecule has 2 heterocycles. The smallest absolute Gasteiger partial charge is 0.356 e. The highest BCUT2D eigenvalue weighted by Gasteiger charge is 2.17. The molecule has 0 spiro atoms. The molecule has 1 aromatic heterocycles. The van der Waals surface area contributed by atoms with Crippen molar-refractivity contribution in [2.75, 3.05) is 38.2 Å². The van der Waals surface area contributed by atoms with E-state index in [1.807, 2.05) is 4.90 Å². The summed E-state index contributed by atoms with van der Waals surface area (Å²) in [7, 11) is 1.24. The monoisotopic (exact) mass is 275 g/mol. The maximum Gasteiger partial charge on any atom is 0.356 e. The van der Waals surface area contributed by atoms with Crippen LogP contribution in [0.25, 0.3) is 0 Å². The van der Waals surface area contributed by atoms with Crippen molar-refractivity contribution in [2.45, 2.75) is 0 Å². The minimum absolute atomic E-state index is 0. The van der Waals surface area contributed by atoms with E-state index in [0.717, 1.165) is 26.2 Å². The van der Waals surface area contributed by atoms with Gasteiger partial charge in [-0.2, -0.15) is 4.39 Å². The van der Waals surface area contributed by atoms with Gasteiger partial charge in [-0.15, -0.1) is 12.4 Å². The summed E-state index contributed by atoms with van der Waals surface area (Å²) in [6.45, 7) is 3.10. The summed E-state index contributed by atoms with van der Waals surface area (Å²) in [6, 6.07) is 3.05. The molecule has 1 aliphatic heterocycles. The van der Waals surface area contributed by atoms with Gasteiger partial charge in [0.15, 0.2) is 5.69 Å². The van der Waals surface area contributed by atoms with Gasteiger partial charge in [-0.25, -0.2) is 9.78 Å². The third-order valence-corrected chi connectivity index (χ3v) is 2.68. The van der Waals surface area contributed by atoms with E-state index in [9.17, 15) is 9.18 Å². The first-order chi connectivity index (χ1) is 8.22. The highest BCUT2D eigenvalue weighted by atomic mass is 35.5. The lowest BCUT2D eigenvalue weighted by molar-refractivity contribution is 0.0592. The molecule has 0 saturated carbocycles. The Labute approximate surface area is 111 Å². The topological polar surface area (TPSA) is 54.5 Å².